The highest BCUT2D eigenvalue weighted by atomic mass is 79.9. The molecule has 0 spiro atoms. The zero-order valence-electron chi connectivity index (χ0n) is 19.2. The number of benzene rings is 3. The second kappa shape index (κ2) is 14.5. The van der Waals surface area contributed by atoms with Crippen molar-refractivity contribution in [3.63, 3.8) is 0 Å². The summed E-state index contributed by atoms with van der Waals surface area (Å²) in [5.41, 5.74) is 6.78. The highest BCUT2D eigenvalue weighted by Crippen LogP contribution is 2.43. The van der Waals surface area contributed by atoms with E-state index in [2.05, 4.69) is 212 Å². The van der Waals surface area contributed by atoms with E-state index < -0.39 is 0 Å². The predicted octanol–water partition coefficient (Wildman–Crippen LogP) is 13.0. The Labute approximate surface area is 319 Å². The van der Waals surface area contributed by atoms with Crippen LogP contribution in [0.25, 0.3) is 0 Å². The van der Waals surface area contributed by atoms with Gasteiger partial charge in [0.05, 0.1) is 0 Å². The lowest BCUT2D eigenvalue weighted by Gasteiger charge is -2.28. The van der Waals surface area contributed by atoms with Crippen molar-refractivity contribution < 1.29 is 0 Å². The van der Waals surface area contributed by atoms with Crippen LogP contribution in [-0.4, -0.2) is 6.71 Å². The largest absolute Gasteiger partial charge is 0.250 e. The van der Waals surface area contributed by atoms with Gasteiger partial charge >= 0.3 is 0 Å². The van der Waals surface area contributed by atoms with E-state index in [1.807, 2.05) is 0 Å². The lowest BCUT2D eigenvalue weighted by Crippen LogP contribution is -2.56. The van der Waals surface area contributed by atoms with Crippen LogP contribution in [0.15, 0.2) is 53.7 Å². The third-order valence-corrected chi connectivity index (χ3v) is 19.5. The van der Waals surface area contributed by atoms with Gasteiger partial charge in [-0.3, -0.25) is 0 Å². The van der Waals surface area contributed by atoms with Gasteiger partial charge in [0.15, 0.2) is 0 Å². The summed E-state index contributed by atoms with van der Waals surface area (Å²) in [6.45, 7) is 6.22. The van der Waals surface area contributed by atoms with Crippen LogP contribution in [0.1, 0.15) is 37.5 Å². The maximum Gasteiger partial charge on any atom is 0.250 e. The van der Waals surface area contributed by atoms with Crippen LogP contribution >= 0.6 is 191 Å². The molecule has 0 unspecified atom stereocenters. The van der Waals surface area contributed by atoms with Gasteiger partial charge in [0.25, 0.3) is 0 Å². The van der Waals surface area contributed by atoms with Gasteiger partial charge in [-0.05, 0) is 148 Å². The van der Waals surface area contributed by atoms with Crippen LogP contribution in [0.2, 0.25) is 0 Å². The van der Waals surface area contributed by atoms with Gasteiger partial charge < -0.3 is 0 Å². The Hall–Kier alpha value is 3.48. The topological polar surface area (TPSA) is 0 Å². The summed E-state index contributed by atoms with van der Waals surface area (Å²) < 4.78 is 12.1. The molecule has 0 amide bonds. The van der Waals surface area contributed by atoms with E-state index in [0.29, 0.717) is 0 Å². The minimum Gasteiger partial charge on any atom is -0.0612 e. The molecule has 3 rings (SSSR count). The maximum atomic E-state index is 3.97. The lowest BCUT2D eigenvalue weighted by molar-refractivity contribution is 1.10. The SMILES string of the molecule is CCc1c(Br)c(Br)c(B(c2c(Br)c(Br)c(CC)c(Br)c2Br)c2c(Br)c(Br)c(CC)c(Br)c2Br)c(Br)c1Br. The van der Waals surface area contributed by atoms with Crippen molar-refractivity contribution in [1.29, 1.82) is 0 Å². The smallest absolute Gasteiger partial charge is 0.0612 e. The van der Waals surface area contributed by atoms with Crippen molar-refractivity contribution in [3.05, 3.63) is 70.4 Å². The first-order valence-corrected chi connectivity index (χ1v) is 20.3. The molecule has 3 aromatic carbocycles. The van der Waals surface area contributed by atoms with Gasteiger partial charge in [-0.25, -0.2) is 0 Å². The number of halogens is 12. The van der Waals surface area contributed by atoms with E-state index in [4.69, 9.17) is 0 Å². The predicted molar refractivity (Wildman–Crippen MR) is 205 cm³/mol. The van der Waals surface area contributed by atoms with Crippen molar-refractivity contribution in [2.75, 3.05) is 0 Å². The fourth-order valence-electron chi connectivity index (χ4n) is 4.21. The Balaban J connectivity index is 2.67. The zero-order valence-corrected chi connectivity index (χ0v) is 38.3. The molecule has 0 radical (unpaired) electrons. The fraction of sp³-hybridized carbons (Fsp3) is 0.250. The molecule has 0 aliphatic rings. The van der Waals surface area contributed by atoms with Gasteiger partial charge in [0, 0.05) is 53.7 Å². The molecule has 0 heterocycles. The Bertz CT molecular complexity index is 1160. The third-order valence-electron chi connectivity index (χ3n) is 6.09. The normalized spacial score (nSPS) is 11.4. The van der Waals surface area contributed by atoms with Gasteiger partial charge in [0.2, 0.25) is 6.71 Å². The quantitative estimate of drug-likeness (QED) is 0.170. The van der Waals surface area contributed by atoms with E-state index in [0.717, 1.165) is 89.3 Å². The molecule has 0 atom stereocenters. The molecule has 0 fully saturated rings. The maximum absolute atomic E-state index is 3.97. The summed E-state index contributed by atoms with van der Waals surface area (Å²) >= 11 is 47.2. The summed E-state index contributed by atoms with van der Waals surface area (Å²) in [7, 11) is 0. The van der Waals surface area contributed by atoms with E-state index in [9.17, 15) is 0 Å². The summed E-state index contributed by atoms with van der Waals surface area (Å²) in [5.74, 6) is 0. The molecule has 0 saturated carbocycles. The first-order valence-electron chi connectivity index (χ1n) is 10.8. The summed E-state index contributed by atoms with van der Waals surface area (Å²) in [5, 5.41) is 0. The zero-order chi connectivity index (χ0) is 28.1. The van der Waals surface area contributed by atoms with E-state index >= 15 is 0 Å². The molecule has 0 bridgehead atoms. The first kappa shape index (κ1) is 35.0. The van der Waals surface area contributed by atoms with E-state index in [1.54, 1.807) is 0 Å². The van der Waals surface area contributed by atoms with Crippen LogP contribution in [-0.2, 0) is 19.3 Å². The molecule has 0 aliphatic heterocycles. The van der Waals surface area contributed by atoms with Crippen molar-refractivity contribution in [1.82, 2.24) is 0 Å². The lowest BCUT2D eigenvalue weighted by atomic mass is 9.36. The Kier molecular flexibility index (Phi) is 13.7. The molecule has 13 heteroatoms. The van der Waals surface area contributed by atoms with E-state index in [-0.39, 0.29) is 6.71 Å². The van der Waals surface area contributed by atoms with Crippen LogP contribution in [0.4, 0.5) is 0 Å². The highest BCUT2D eigenvalue weighted by molar-refractivity contribution is 9.15. The average Bonchev–Trinajstić information content (AvgIpc) is 2.86. The van der Waals surface area contributed by atoms with Gasteiger partial charge in [0.1, 0.15) is 0 Å². The number of hydrogen-bond acceptors (Lipinski definition) is 0. The molecule has 0 N–H and O–H groups in total. The van der Waals surface area contributed by atoms with Crippen molar-refractivity contribution >= 4 is 214 Å². The number of rotatable bonds is 6. The van der Waals surface area contributed by atoms with Crippen LogP contribution < -0.4 is 16.4 Å². The van der Waals surface area contributed by atoms with Crippen molar-refractivity contribution in [2.45, 2.75) is 40.0 Å². The number of hydrogen-bond donors (Lipinski definition) is 0. The van der Waals surface area contributed by atoms with Gasteiger partial charge in [-0.2, -0.15) is 0 Å². The standard InChI is InChI=1S/C24H15BBr12/c1-4-7-13(26)19(32)10(20(33)14(7)27)25(11-21(34)15(28)8(5-2)16(29)22(11)35)12-23(36)17(30)9(6-3)18(31)24(12)37/h4-6H2,1-3H3. The van der Waals surface area contributed by atoms with Crippen molar-refractivity contribution in [2.24, 2.45) is 0 Å². The van der Waals surface area contributed by atoms with Crippen LogP contribution in [0.5, 0.6) is 0 Å². The minimum atomic E-state index is -0.230. The van der Waals surface area contributed by atoms with Crippen LogP contribution in [0.3, 0.4) is 0 Å². The van der Waals surface area contributed by atoms with Gasteiger partial charge in [-0.15, -0.1) is 0 Å². The van der Waals surface area contributed by atoms with E-state index in [1.165, 1.54) is 16.7 Å². The second-order valence-corrected chi connectivity index (χ2v) is 17.5. The van der Waals surface area contributed by atoms with Crippen LogP contribution in [0, 0.1) is 0 Å². The highest BCUT2D eigenvalue weighted by Gasteiger charge is 2.38. The minimum absolute atomic E-state index is 0.230. The molecule has 0 aromatic heterocycles. The Morgan fingerprint density at radius 3 is 0.622 bits per heavy atom. The average molecular weight is 1270 g/mol. The molecule has 0 nitrogen and oxygen atoms in total. The molecular weight excluding hydrogens is 1260 g/mol. The molecule has 3 aromatic rings. The summed E-state index contributed by atoms with van der Waals surface area (Å²) in [6.07, 6.45) is 2.61. The molecule has 0 aliphatic carbocycles. The van der Waals surface area contributed by atoms with Crippen molar-refractivity contribution in [3.8, 4) is 0 Å². The van der Waals surface area contributed by atoms with Gasteiger partial charge in [-0.1, -0.05) is 116 Å². The second-order valence-electron chi connectivity index (χ2n) is 7.94. The molecule has 37 heavy (non-hydrogen) atoms. The summed E-state index contributed by atoms with van der Waals surface area (Å²) in [6, 6.07) is 0. The first-order chi connectivity index (χ1) is 17.3. The Morgan fingerprint density at radius 1 is 0.324 bits per heavy atom. The molecular formula is C24H15BBr12. The Morgan fingerprint density at radius 2 is 0.486 bits per heavy atom. The summed E-state index contributed by atoms with van der Waals surface area (Å²) in [4.78, 5) is 0. The fourth-order valence-corrected chi connectivity index (χ4v) is 14.0. The third kappa shape index (κ3) is 6.35. The molecule has 0 saturated heterocycles. The monoisotopic (exact) mass is 1260 g/mol. The molecule has 198 valence electrons.